The summed E-state index contributed by atoms with van der Waals surface area (Å²) in [4.78, 5) is 11.7. The summed E-state index contributed by atoms with van der Waals surface area (Å²) in [6.07, 6.45) is 5.54. The van der Waals surface area contributed by atoms with E-state index in [-0.39, 0.29) is 11.9 Å². The predicted octanol–water partition coefficient (Wildman–Crippen LogP) is 3.04. The van der Waals surface area contributed by atoms with Crippen LogP contribution in [-0.4, -0.2) is 11.9 Å². The van der Waals surface area contributed by atoms with Crippen LogP contribution in [0.2, 0.25) is 0 Å². The molecule has 0 spiro atoms. The van der Waals surface area contributed by atoms with Gasteiger partial charge in [0.2, 0.25) is 5.91 Å². The number of nitrogens with one attached hydrogen (secondary N) is 1. The van der Waals surface area contributed by atoms with Crippen molar-refractivity contribution in [1.29, 1.82) is 0 Å². The Balaban J connectivity index is 1.82. The highest BCUT2D eigenvalue weighted by molar-refractivity contribution is 5.91. The minimum atomic E-state index is -0.111. The standard InChI is InChI=1S/C16H17NO2/c1-13(12-14-6-3-2-4-7-14)17-16(18)10-9-15-8-5-11-19-15/h2-11,13H,12H2,1H3,(H,17,18)/b10-9+/t13-/m1/s1. The van der Waals surface area contributed by atoms with Crippen molar-refractivity contribution >= 4 is 12.0 Å². The smallest absolute Gasteiger partial charge is 0.244 e. The van der Waals surface area contributed by atoms with Crippen LogP contribution in [0.3, 0.4) is 0 Å². The fourth-order valence-electron chi connectivity index (χ4n) is 1.85. The lowest BCUT2D eigenvalue weighted by molar-refractivity contribution is -0.117. The molecule has 1 atom stereocenters. The molecule has 0 fully saturated rings. The second-order valence-electron chi connectivity index (χ2n) is 4.45. The van der Waals surface area contributed by atoms with Crippen LogP contribution in [0.5, 0.6) is 0 Å². The number of hydrogen-bond donors (Lipinski definition) is 1. The van der Waals surface area contributed by atoms with Crippen LogP contribution < -0.4 is 5.32 Å². The zero-order valence-electron chi connectivity index (χ0n) is 10.9. The number of amides is 1. The summed E-state index contributed by atoms with van der Waals surface area (Å²) in [5.41, 5.74) is 1.21. The van der Waals surface area contributed by atoms with Gasteiger partial charge in [-0.1, -0.05) is 30.3 Å². The van der Waals surface area contributed by atoms with Gasteiger partial charge in [0.1, 0.15) is 5.76 Å². The van der Waals surface area contributed by atoms with Gasteiger partial charge < -0.3 is 9.73 Å². The first-order valence-electron chi connectivity index (χ1n) is 6.30. The van der Waals surface area contributed by atoms with Gasteiger partial charge in [0, 0.05) is 12.1 Å². The largest absolute Gasteiger partial charge is 0.465 e. The van der Waals surface area contributed by atoms with Crippen molar-refractivity contribution < 1.29 is 9.21 Å². The molecule has 0 aliphatic carbocycles. The summed E-state index contributed by atoms with van der Waals surface area (Å²) in [6, 6.07) is 13.8. The van der Waals surface area contributed by atoms with Gasteiger partial charge in [-0.15, -0.1) is 0 Å². The molecule has 1 aromatic heterocycles. The van der Waals surface area contributed by atoms with Crippen molar-refractivity contribution in [2.24, 2.45) is 0 Å². The predicted molar refractivity (Wildman–Crippen MR) is 75.5 cm³/mol. The van der Waals surface area contributed by atoms with Crippen LogP contribution in [0.25, 0.3) is 6.08 Å². The number of rotatable bonds is 5. The molecule has 3 heteroatoms. The maximum Gasteiger partial charge on any atom is 0.244 e. The Hall–Kier alpha value is -2.29. The van der Waals surface area contributed by atoms with E-state index in [0.29, 0.717) is 5.76 Å². The monoisotopic (exact) mass is 255 g/mol. The third kappa shape index (κ3) is 4.47. The van der Waals surface area contributed by atoms with Crippen molar-refractivity contribution in [2.75, 3.05) is 0 Å². The summed E-state index contributed by atoms with van der Waals surface area (Å²) in [5, 5.41) is 2.92. The molecule has 1 amide bonds. The third-order valence-electron chi connectivity index (χ3n) is 2.72. The molecule has 1 aromatic carbocycles. The lowest BCUT2D eigenvalue weighted by Gasteiger charge is -2.12. The molecule has 2 aromatic rings. The average molecular weight is 255 g/mol. The van der Waals surface area contributed by atoms with Gasteiger partial charge in [0.15, 0.2) is 0 Å². The SMILES string of the molecule is C[C@H](Cc1ccccc1)NC(=O)/C=C/c1ccco1. The summed E-state index contributed by atoms with van der Waals surface area (Å²) in [7, 11) is 0. The molecule has 98 valence electrons. The van der Waals surface area contributed by atoms with Gasteiger partial charge in [-0.3, -0.25) is 4.79 Å². The summed E-state index contributed by atoms with van der Waals surface area (Å²) >= 11 is 0. The van der Waals surface area contributed by atoms with E-state index < -0.39 is 0 Å². The Bertz CT molecular complexity index is 529. The average Bonchev–Trinajstić information content (AvgIpc) is 2.90. The number of carbonyl (C=O) groups is 1. The van der Waals surface area contributed by atoms with Crippen LogP contribution in [0.1, 0.15) is 18.2 Å². The van der Waals surface area contributed by atoms with E-state index >= 15 is 0 Å². The van der Waals surface area contributed by atoms with Gasteiger partial charge in [-0.25, -0.2) is 0 Å². The minimum Gasteiger partial charge on any atom is -0.465 e. The molecule has 0 aliphatic rings. The van der Waals surface area contributed by atoms with Gasteiger partial charge >= 0.3 is 0 Å². The lowest BCUT2D eigenvalue weighted by Crippen LogP contribution is -2.32. The Labute approximate surface area is 112 Å². The molecule has 1 heterocycles. The second kappa shape index (κ2) is 6.59. The van der Waals surface area contributed by atoms with Crippen molar-refractivity contribution in [3.63, 3.8) is 0 Å². The van der Waals surface area contributed by atoms with E-state index in [2.05, 4.69) is 17.4 Å². The van der Waals surface area contributed by atoms with E-state index in [1.807, 2.05) is 25.1 Å². The molecule has 2 rings (SSSR count). The summed E-state index contributed by atoms with van der Waals surface area (Å²) < 4.78 is 5.12. The highest BCUT2D eigenvalue weighted by Gasteiger charge is 2.05. The minimum absolute atomic E-state index is 0.0937. The zero-order chi connectivity index (χ0) is 13.5. The highest BCUT2D eigenvalue weighted by Crippen LogP contribution is 2.04. The van der Waals surface area contributed by atoms with Crippen LogP contribution >= 0.6 is 0 Å². The van der Waals surface area contributed by atoms with Crippen LogP contribution in [0.4, 0.5) is 0 Å². The van der Waals surface area contributed by atoms with E-state index in [0.717, 1.165) is 6.42 Å². The first-order chi connectivity index (χ1) is 9.24. The quantitative estimate of drug-likeness (QED) is 0.834. The van der Waals surface area contributed by atoms with Gasteiger partial charge in [0.05, 0.1) is 6.26 Å². The second-order valence-corrected chi connectivity index (χ2v) is 4.45. The first kappa shape index (κ1) is 13.1. The van der Waals surface area contributed by atoms with Gasteiger partial charge in [-0.05, 0) is 37.1 Å². The van der Waals surface area contributed by atoms with E-state index in [1.54, 1.807) is 24.5 Å². The Morgan fingerprint density at radius 3 is 2.74 bits per heavy atom. The maximum atomic E-state index is 11.7. The summed E-state index contributed by atoms with van der Waals surface area (Å²) in [6.45, 7) is 1.99. The topological polar surface area (TPSA) is 42.2 Å². The number of hydrogen-bond acceptors (Lipinski definition) is 2. The van der Waals surface area contributed by atoms with Crippen molar-refractivity contribution in [3.8, 4) is 0 Å². The molecule has 0 radical (unpaired) electrons. The molecule has 0 bridgehead atoms. The van der Waals surface area contributed by atoms with E-state index in [4.69, 9.17) is 4.42 Å². The molecule has 0 unspecified atom stereocenters. The Morgan fingerprint density at radius 2 is 2.05 bits per heavy atom. The van der Waals surface area contributed by atoms with Crippen LogP contribution in [0.15, 0.2) is 59.2 Å². The van der Waals surface area contributed by atoms with Gasteiger partial charge in [0.25, 0.3) is 0 Å². The maximum absolute atomic E-state index is 11.7. The normalized spacial score (nSPS) is 12.5. The van der Waals surface area contributed by atoms with Crippen LogP contribution in [0, 0.1) is 0 Å². The third-order valence-corrected chi connectivity index (χ3v) is 2.72. The molecule has 0 saturated heterocycles. The fourth-order valence-corrected chi connectivity index (χ4v) is 1.85. The van der Waals surface area contributed by atoms with E-state index in [9.17, 15) is 4.79 Å². The molecule has 0 aliphatic heterocycles. The molecule has 19 heavy (non-hydrogen) atoms. The van der Waals surface area contributed by atoms with Crippen molar-refractivity contribution in [1.82, 2.24) is 5.32 Å². The molecule has 3 nitrogen and oxygen atoms in total. The van der Waals surface area contributed by atoms with Crippen molar-refractivity contribution in [2.45, 2.75) is 19.4 Å². The molecule has 0 saturated carbocycles. The first-order valence-corrected chi connectivity index (χ1v) is 6.30. The molecular formula is C16H17NO2. The van der Waals surface area contributed by atoms with Crippen molar-refractivity contribution in [3.05, 3.63) is 66.1 Å². The zero-order valence-corrected chi connectivity index (χ0v) is 10.9. The number of benzene rings is 1. The fraction of sp³-hybridized carbons (Fsp3) is 0.188. The highest BCUT2D eigenvalue weighted by atomic mass is 16.3. The Kier molecular flexibility index (Phi) is 4.56. The number of carbonyl (C=O) groups excluding carboxylic acids is 1. The summed E-state index contributed by atoms with van der Waals surface area (Å²) in [5.74, 6) is 0.561. The van der Waals surface area contributed by atoms with Crippen LogP contribution in [-0.2, 0) is 11.2 Å². The molecule has 1 N–H and O–H groups in total. The van der Waals surface area contributed by atoms with Gasteiger partial charge in [-0.2, -0.15) is 0 Å². The lowest BCUT2D eigenvalue weighted by atomic mass is 10.1. The Morgan fingerprint density at radius 1 is 1.26 bits per heavy atom. The van der Waals surface area contributed by atoms with E-state index in [1.165, 1.54) is 11.6 Å². The molecular weight excluding hydrogens is 238 g/mol. The number of furan rings is 1.